The minimum Gasteiger partial charge on any atom is -0.337 e. The molecule has 0 aliphatic heterocycles. The molecular formula is C11H12BrN3. The Morgan fingerprint density at radius 3 is 2.60 bits per heavy atom. The molecule has 0 spiro atoms. The zero-order chi connectivity index (χ0) is 10.7. The van der Waals surface area contributed by atoms with E-state index in [1.165, 1.54) is 11.3 Å². The number of halogens is 1. The minimum absolute atomic E-state index is 0.944. The highest BCUT2D eigenvalue weighted by atomic mass is 79.9. The summed E-state index contributed by atoms with van der Waals surface area (Å²) in [4.78, 5) is 8.19. The van der Waals surface area contributed by atoms with Crippen LogP contribution in [-0.4, -0.2) is 14.5 Å². The van der Waals surface area contributed by atoms with Crippen molar-refractivity contribution in [2.45, 2.75) is 12.8 Å². The van der Waals surface area contributed by atoms with E-state index in [1.54, 1.807) is 0 Å². The summed E-state index contributed by atoms with van der Waals surface area (Å²) in [6.07, 6.45) is 7.48. The Morgan fingerprint density at radius 1 is 1.27 bits per heavy atom. The van der Waals surface area contributed by atoms with Gasteiger partial charge in [-0.05, 0) is 46.5 Å². The van der Waals surface area contributed by atoms with E-state index in [2.05, 4.69) is 25.9 Å². The van der Waals surface area contributed by atoms with Crippen LogP contribution in [0.25, 0.3) is 0 Å². The van der Waals surface area contributed by atoms with Crippen molar-refractivity contribution in [1.29, 1.82) is 0 Å². The van der Waals surface area contributed by atoms with Crippen LogP contribution >= 0.6 is 15.9 Å². The van der Waals surface area contributed by atoms with E-state index >= 15 is 0 Å². The second-order valence-electron chi connectivity index (χ2n) is 3.45. The Bertz CT molecular complexity index is 417. The largest absolute Gasteiger partial charge is 0.337 e. The zero-order valence-electron chi connectivity index (χ0n) is 8.52. The van der Waals surface area contributed by atoms with E-state index in [0.29, 0.717) is 0 Å². The smallest absolute Gasteiger partial charge is 0.127 e. The second-order valence-corrected chi connectivity index (χ2v) is 4.20. The number of hydrogen-bond donors (Lipinski definition) is 0. The molecule has 0 fully saturated rings. The zero-order valence-corrected chi connectivity index (χ0v) is 10.1. The third kappa shape index (κ3) is 2.45. The Hall–Kier alpha value is -1.16. The summed E-state index contributed by atoms with van der Waals surface area (Å²) < 4.78 is 2.99. The molecular weight excluding hydrogens is 254 g/mol. The first kappa shape index (κ1) is 10.4. The normalized spacial score (nSPS) is 10.5. The van der Waals surface area contributed by atoms with Crippen LogP contribution in [0.15, 0.2) is 35.5 Å². The van der Waals surface area contributed by atoms with Gasteiger partial charge >= 0.3 is 0 Å². The lowest BCUT2D eigenvalue weighted by Crippen LogP contribution is -1.98. The average Bonchev–Trinajstić information content (AvgIpc) is 2.58. The predicted octanol–water partition coefficient (Wildman–Crippen LogP) is 2.36. The van der Waals surface area contributed by atoms with Gasteiger partial charge in [0.25, 0.3) is 0 Å². The summed E-state index contributed by atoms with van der Waals surface area (Å²) in [5.41, 5.74) is 2.53. The van der Waals surface area contributed by atoms with Crippen molar-refractivity contribution >= 4 is 15.9 Å². The van der Waals surface area contributed by atoms with Crippen LogP contribution < -0.4 is 0 Å². The molecule has 0 aromatic carbocycles. The van der Waals surface area contributed by atoms with E-state index in [1.807, 2.05) is 42.5 Å². The topological polar surface area (TPSA) is 30.7 Å². The van der Waals surface area contributed by atoms with Gasteiger partial charge in [0.15, 0.2) is 0 Å². The van der Waals surface area contributed by atoms with E-state index in [-0.39, 0.29) is 0 Å². The minimum atomic E-state index is 0.944. The molecule has 0 amide bonds. The first-order valence-corrected chi connectivity index (χ1v) is 5.61. The van der Waals surface area contributed by atoms with Crippen LogP contribution in [-0.2, 0) is 19.9 Å². The fourth-order valence-electron chi connectivity index (χ4n) is 1.52. The van der Waals surface area contributed by atoms with Gasteiger partial charge in [-0.1, -0.05) is 0 Å². The lowest BCUT2D eigenvalue weighted by Gasteiger charge is -2.03. The number of nitrogens with zero attached hydrogens (tertiary/aromatic N) is 3. The number of aryl methyl sites for hydroxylation is 2. The van der Waals surface area contributed by atoms with Crippen LogP contribution in [0.1, 0.15) is 11.3 Å². The van der Waals surface area contributed by atoms with E-state index in [0.717, 1.165) is 17.4 Å². The molecule has 0 bridgehead atoms. The molecule has 2 rings (SSSR count). The molecule has 2 aromatic heterocycles. The molecule has 15 heavy (non-hydrogen) atoms. The van der Waals surface area contributed by atoms with Gasteiger partial charge < -0.3 is 4.57 Å². The van der Waals surface area contributed by atoms with Crippen LogP contribution in [0.5, 0.6) is 0 Å². The van der Waals surface area contributed by atoms with Crippen LogP contribution in [0.3, 0.4) is 0 Å². The Labute approximate surface area is 97.3 Å². The molecule has 3 nitrogen and oxygen atoms in total. The summed E-state index contributed by atoms with van der Waals surface area (Å²) in [5.74, 6) is 0. The van der Waals surface area contributed by atoms with Crippen molar-refractivity contribution in [2.75, 3.05) is 0 Å². The van der Waals surface area contributed by atoms with Crippen molar-refractivity contribution in [3.05, 3.63) is 46.7 Å². The molecule has 4 heteroatoms. The van der Waals surface area contributed by atoms with Gasteiger partial charge in [-0.3, -0.25) is 4.98 Å². The highest BCUT2D eigenvalue weighted by molar-refractivity contribution is 9.10. The standard InChI is InChI=1S/C11H12BrN3/c1-15-8-14-11(12)10(15)3-2-9-4-6-13-7-5-9/h4-8H,2-3H2,1H3. The number of rotatable bonds is 3. The number of pyridine rings is 1. The first-order valence-electron chi connectivity index (χ1n) is 4.82. The molecule has 0 unspecified atom stereocenters. The van der Waals surface area contributed by atoms with Crippen LogP contribution in [0.4, 0.5) is 0 Å². The molecule has 0 aliphatic rings. The monoisotopic (exact) mass is 265 g/mol. The highest BCUT2D eigenvalue weighted by Gasteiger charge is 2.05. The maximum atomic E-state index is 4.20. The van der Waals surface area contributed by atoms with Crippen molar-refractivity contribution in [1.82, 2.24) is 14.5 Å². The number of aromatic nitrogens is 3. The second kappa shape index (κ2) is 4.57. The van der Waals surface area contributed by atoms with Crippen molar-refractivity contribution in [2.24, 2.45) is 7.05 Å². The van der Waals surface area contributed by atoms with Gasteiger partial charge in [-0.2, -0.15) is 0 Å². The number of imidazole rings is 1. The van der Waals surface area contributed by atoms with Gasteiger partial charge in [0.1, 0.15) is 4.60 Å². The van der Waals surface area contributed by atoms with Gasteiger partial charge in [-0.15, -0.1) is 0 Å². The third-order valence-electron chi connectivity index (χ3n) is 2.41. The SMILES string of the molecule is Cn1cnc(Br)c1CCc1ccncc1. The summed E-state index contributed by atoms with van der Waals surface area (Å²) >= 11 is 3.45. The van der Waals surface area contributed by atoms with E-state index < -0.39 is 0 Å². The van der Waals surface area contributed by atoms with Crippen molar-refractivity contribution in [3.8, 4) is 0 Å². The lowest BCUT2D eigenvalue weighted by molar-refractivity contribution is 0.795. The molecule has 2 aromatic rings. The fourth-order valence-corrected chi connectivity index (χ4v) is 2.09. The molecule has 0 aliphatic carbocycles. The Morgan fingerprint density at radius 2 is 2.00 bits per heavy atom. The maximum Gasteiger partial charge on any atom is 0.127 e. The quantitative estimate of drug-likeness (QED) is 0.853. The molecule has 0 N–H and O–H groups in total. The molecule has 0 atom stereocenters. The fraction of sp³-hybridized carbons (Fsp3) is 0.273. The lowest BCUT2D eigenvalue weighted by atomic mass is 10.1. The van der Waals surface area contributed by atoms with Crippen LogP contribution in [0.2, 0.25) is 0 Å². The molecule has 0 radical (unpaired) electrons. The summed E-state index contributed by atoms with van der Waals surface area (Å²) in [6.45, 7) is 0. The number of hydrogen-bond acceptors (Lipinski definition) is 2. The molecule has 2 heterocycles. The first-order chi connectivity index (χ1) is 7.27. The highest BCUT2D eigenvalue weighted by Crippen LogP contribution is 2.15. The van der Waals surface area contributed by atoms with Crippen molar-refractivity contribution in [3.63, 3.8) is 0 Å². The van der Waals surface area contributed by atoms with E-state index in [9.17, 15) is 0 Å². The summed E-state index contributed by atoms with van der Waals surface area (Å²) in [5, 5.41) is 0. The average molecular weight is 266 g/mol. The molecule has 0 saturated heterocycles. The predicted molar refractivity (Wildman–Crippen MR) is 62.6 cm³/mol. The van der Waals surface area contributed by atoms with Crippen LogP contribution in [0, 0.1) is 0 Å². The third-order valence-corrected chi connectivity index (χ3v) is 3.07. The van der Waals surface area contributed by atoms with Gasteiger partial charge in [0.2, 0.25) is 0 Å². The Kier molecular flexibility index (Phi) is 3.16. The van der Waals surface area contributed by atoms with Gasteiger partial charge in [-0.25, -0.2) is 4.98 Å². The van der Waals surface area contributed by atoms with Crippen molar-refractivity contribution < 1.29 is 0 Å². The Balaban J connectivity index is 2.05. The summed E-state index contributed by atoms with van der Waals surface area (Å²) in [7, 11) is 2.01. The van der Waals surface area contributed by atoms with Gasteiger partial charge in [0, 0.05) is 19.4 Å². The molecule has 0 saturated carbocycles. The van der Waals surface area contributed by atoms with Gasteiger partial charge in [0.05, 0.1) is 12.0 Å². The van der Waals surface area contributed by atoms with E-state index in [4.69, 9.17) is 0 Å². The maximum absolute atomic E-state index is 4.20. The summed E-state index contributed by atoms with van der Waals surface area (Å²) in [6, 6.07) is 4.09. The molecule has 78 valence electrons.